The van der Waals surface area contributed by atoms with Crippen LogP contribution < -0.4 is 10.6 Å². The van der Waals surface area contributed by atoms with E-state index >= 15 is 0 Å². The van der Waals surface area contributed by atoms with E-state index in [1.165, 1.54) is 35.2 Å². The van der Waals surface area contributed by atoms with E-state index in [4.69, 9.17) is 0 Å². The van der Waals surface area contributed by atoms with Crippen molar-refractivity contribution in [3.8, 4) is 0 Å². The first-order chi connectivity index (χ1) is 14.0. The van der Waals surface area contributed by atoms with Crippen molar-refractivity contribution in [1.82, 2.24) is 4.98 Å². The molecule has 2 amide bonds. The summed E-state index contributed by atoms with van der Waals surface area (Å²) in [5.74, 6) is -0.309. The Morgan fingerprint density at radius 2 is 1.79 bits per heavy atom. The standard InChI is InChI=1S/C21H20FN3O2S2/c1-14-5-7-17(8-6-14)24-19(26)12-28-13-20(27)25-21-23-11-18(29-21)10-15-3-2-4-16(22)9-15/h2-9,11H,10,12-13H2,1H3,(H,24,26)(H,23,25,27). The van der Waals surface area contributed by atoms with Gasteiger partial charge in [-0.1, -0.05) is 29.8 Å². The average Bonchev–Trinajstić information content (AvgIpc) is 3.10. The number of hydrogen-bond acceptors (Lipinski definition) is 5. The summed E-state index contributed by atoms with van der Waals surface area (Å²) in [6.07, 6.45) is 2.23. The van der Waals surface area contributed by atoms with Crippen LogP contribution in [0.5, 0.6) is 0 Å². The van der Waals surface area contributed by atoms with Crippen molar-refractivity contribution in [1.29, 1.82) is 0 Å². The fourth-order valence-electron chi connectivity index (χ4n) is 2.52. The Balaban J connectivity index is 1.40. The van der Waals surface area contributed by atoms with Gasteiger partial charge in [-0.3, -0.25) is 9.59 Å². The van der Waals surface area contributed by atoms with Gasteiger partial charge in [-0.25, -0.2) is 9.37 Å². The molecule has 0 unspecified atom stereocenters. The molecular formula is C21H20FN3O2S2. The summed E-state index contributed by atoms with van der Waals surface area (Å²) in [6.45, 7) is 1.98. The summed E-state index contributed by atoms with van der Waals surface area (Å²) in [6, 6.07) is 13.9. The Bertz CT molecular complexity index is 990. The lowest BCUT2D eigenvalue weighted by atomic mass is 10.1. The number of benzene rings is 2. The van der Waals surface area contributed by atoms with Gasteiger partial charge in [0.25, 0.3) is 0 Å². The highest BCUT2D eigenvalue weighted by Crippen LogP contribution is 2.21. The van der Waals surface area contributed by atoms with E-state index in [1.54, 1.807) is 12.3 Å². The van der Waals surface area contributed by atoms with Gasteiger partial charge in [0, 0.05) is 23.2 Å². The molecule has 0 saturated carbocycles. The molecule has 2 N–H and O–H groups in total. The van der Waals surface area contributed by atoms with E-state index in [0.717, 1.165) is 21.7 Å². The fourth-order valence-corrected chi connectivity index (χ4v) is 4.00. The summed E-state index contributed by atoms with van der Waals surface area (Å²) >= 11 is 2.58. The number of thiazole rings is 1. The van der Waals surface area contributed by atoms with Gasteiger partial charge in [-0.15, -0.1) is 23.1 Å². The molecule has 0 spiro atoms. The molecule has 29 heavy (non-hydrogen) atoms. The third-order valence-corrected chi connectivity index (χ3v) is 5.71. The van der Waals surface area contributed by atoms with Crippen LogP contribution >= 0.6 is 23.1 Å². The van der Waals surface area contributed by atoms with Crippen molar-refractivity contribution in [3.05, 3.63) is 76.5 Å². The quantitative estimate of drug-likeness (QED) is 0.553. The summed E-state index contributed by atoms with van der Waals surface area (Å²) in [5, 5.41) is 6.02. The van der Waals surface area contributed by atoms with E-state index < -0.39 is 0 Å². The number of amides is 2. The molecule has 0 aliphatic heterocycles. The predicted octanol–water partition coefficient (Wildman–Crippen LogP) is 4.49. The van der Waals surface area contributed by atoms with Crippen LogP contribution in [0.2, 0.25) is 0 Å². The summed E-state index contributed by atoms with van der Waals surface area (Å²) in [5.41, 5.74) is 2.70. The monoisotopic (exact) mass is 429 g/mol. The minimum atomic E-state index is -0.274. The second kappa shape index (κ2) is 10.2. The zero-order valence-corrected chi connectivity index (χ0v) is 17.4. The first-order valence-electron chi connectivity index (χ1n) is 8.91. The third kappa shape index (κ3) is 6.99. The van der Waals surface area contributed by atoms with Gasteiger partial charge < -0.3 is 10.6 Å². The van der Waals surface area contributed by atoms with Crippen LogP contribution in [0.4, 0.5) is 15.2 Å². The third-order valence-electron chi connectivity index (χ3n) is 3.87. The predicted molar refractivity (Wildman–Crippen MR) is 117 cm³/mol. The molecule has 0 bridgehead atoms. The van der Waals surface area contributed by atoms with Gasteiger partial charge >= 0.3 is 0 Å². The van der Waals surface area contributed by atoms with Crippen molar-refractivity contribution in [3.63, 3.8) is 0 Å². The van der Waals surface area contributed by atoms with Crippen molar-refractivity contribution in [2.24, 2.45) is 0 Å². The smallest absolute Gasteiger partial charge is 0.236 e. The number of anilines is 2. The molecule has 0 aliphatic rings. The van der Waals surface area contributed by atoms with Crippen LogP contribution in [0.15, 0.2) is 54.7 Å². The first kappa shape index (κ1) is 21.0. The average molecular weight is 430 g/mol. The van der Waals surface area contributed by atoms with Crippen LogP contribution in [0.25, 0.3) is 0 Å². The molecule has 0 saturated heterocycles. The van der Waals surface area contributed by atoms with Crippen molar-refractivity contribution < 1.29 is 14.0 Å². The number of halogens is 1. The van der Waals surface area contributed by atoms with Crippen LogP contribution in [0.3, 0.4) is 0 Å². The molecule has 0 atom stereocenters. The molecule has 0 fully saturated rings. The number of aromatic nitrogens is 1. The van der Waals surface area contributed by atoms with Gasteiger partial charge in [0.2, 0.25) is 11.8 Å². The minimum Gasteiger partial charge on any atom is -0.325 e. The second-order valence-electron chi connectivity index (χ2n) is 6.39. The summed E-state index contributed by atoms with van der Waals surface area (Å²) in [4.78, 5) is 29.1. The number of hydrogen-bond donors (Lipinski definition) is 2. The van der Waals surface area contributed by atoms with Crippen LogP contribution in [-0.4, -0.2) is 28.3 Å². The molecule has 3 aromatic rings. The molecule has 150 valence electrons. The van der Waals surface area contributed by atoms with Gasteiger partial charge in [0.1, 0.15) is 5.82 Å². The normalized spacial score (nSPS) is 10.6. The van der Waals surface area contributed by atoms with Crippen molar-refractivity contribution in [2.75, 3.05) is 22.1 Å². The maximum absolute atomic E-state index is 13.3. The van der Waals surface area contributed by atoms with Gasteiger partial charge in [0.15, 0.2) is 5.13 Å². The van der Waals surface area contributed by atoms with Gasteiger partial charge in [-0.05, 0) is 36.8 Å². The number of aryl methyl sites for hydroxylation is 1. The van der Waals surface area contributed by atoms with Gasteiger partial charge in [0.05, 0.1) is 11.5 Å². The molecule has 1 heterocycles. The molecule has 3 rings (SSSR count). The zero-order chi connectivity index (χ0) is 20.6. The Morgan fingerprint density at radius 1 is 1.07 bits per heavy atom. The Morgan fingerprint density at radius 3 is 2.52 bits per heavy atom. The van der Waals surface area contributed by atoms with E-state index in [0.29, 0.717) is 11.6 Å². The first-order valence-corrected chi connectivity index (χ1v) is 10.9. The van der Waals surface area contributed by atoms with E-state index in [9.17, 15) is 14.0 Å². The highest BCUT2D eigenvalue weighted by atomic mass is 32.2. The summed E-state index contributed by atoms with van der Waals surface area (Å²) < 4.78 is 13.3. The number of rotatable bonds is 8. The molecular weight excluding hydrogens is 409 g/mol. The number of thioether (sulfide) groups is 1. The van der Waals surface area contributed by atoms with E-state index in [1.807, 2.05) is 37.3 Å². The van der Waals surface area contributed by atoms with Gasteiger partial charge in [-0.2, -0.15) is 0 Å². The summed E-state index contributed by atoms with van der Waals surface area (Å²) in [7, 11) is 0. The number of carbonyl (C=O) groups is 2. The van der Waals surface area contributed by atoms with Crippen LogP contribution in [0.1, 0.15) is 16.0 Å². The van der Waals surface area contributed by atoms with E-state index in [-0.39, 0.29) is 29.1 Å². The lowest BCUT2D eigenvalue weighted by molar-refractivity contribution is -0.114. The number of carbonyl (C=O) groups excluding carboxylic acids is 2. The minimum absolute atomic E-state index is 0.153. The molecule has 2 aromatic carbocycles. The number of nitrogens with one attached hydrogen (secondary N) is 2. The van der Waals surface area contributed by atoms with Crippen molar-refractivity contribution >= 4 is 45.7 Å². The molecule has 1 aromatic heterocycles. The second-order valence-corrected chi connectivity index (χ2v) is 8.49. The zero-order valence-electron chi connectivity index (χ0n) is 15.8. The lowest BCUT2D eigenvalue weighted by Gasteiger charge is -2.05. The van der Waals surface area contributed by atoms with Crippen LogP contribution in [-0.2, 0) is 16.0 Å². The Labute approximate surface area is 176 Å². The Hall–Kier alpha value is -2.71. The largest absolute Gasteiger partial charge is 0.325 e. The molecule has 0 aliphatic carbocycles. The lowest BCUT2D eigenvalue weighted by Crippen LogP contribution is -2.18. The highest BCUT2D eigenvalue weighted by molar-refractivity contribution is 8.00. The van der Waals surface area contributed by atoms with Crippen molar-refractivity contribution in [2.45, 2.75) is 13.3 Å². The van der Waals surface area contributed by atoms with E-state index in [2.05, 4.69) is 15.6 Å². The molecule has 8 heteroatoms. The molecule has 0 radical (unpaired) electrons. The highest BCUT2D eigenvalue weighted by Gasteiger charge is 2.10. The van der Waals surface area contributed by atoms with Crippen LogP contribution in [0, 0.1) is 12.7 Å². The SMILES string of the molecule is Cc1ccc(NC(=O)CSCC(=O)Nc2ncc(Cc3cccc(F)c3)s2)cc1. The molecule has 5 nitrogen and oxygen atoms in total. The number of nitrogens with zero attached hydrogens (tertiary/aromatic N) is 1. The fraction of sp³-hybridized carbons (Fsp3) is 0.190. The Kier molecular flexibility index (Phi) is 7.37. The maximum Gasteiger partial charge on any atom is 0.236 e. The maximum atomic E-state index is 13.3. The topological polar surface area (TPSA) is 71.1 Å².